The van der Waals surface area contributed by atoms with Crippen molar-refractivity contribution in [3.63, 3.8) is 0 Å². The Bertz CT molecular complexity index is 1120. The topological polar surface area (TPSA) is 111 Å². The number of hydrogen-bond acceptors (Lipinski definition) is 6. The van der Waals surface area contributed by atoms with Gasteiger partial charge in [-0.15, -0.1) is 0 Å². The number of halogens is 1. The number of aromatic hydroxyl groups is 1. The first-order chi connectivity index (χ1) is 12.9. The van der Waals surface area contributed by atoms with Crippen molar-refractivity contribution in [1.82, 2.24) is 9.66 Å². The highest BCUT2D eigenvalue weighted by Crippen LogP contribution is 2.32. The van der Waals surface area contributed by atoms with E-state index in [4.69, 9.17) is 11.6 Å². The molecule has 0 aliphatic rings. The second kappa shape index (κ2) is 7.55. The fourth-order valence-corrected chi connectivity index (χ4v) is 2.86. The number of nitrogens with zero attached hydrogens (tertiary/aromatic N) is 4. The Morgan fingerprint density at radius 3 is 2.81 bits per heavy atom. The highest BCUT2D eigenvalue weighted by atomic mass is 35.5. The zero-order valence-corrected chi connectivity index (χ0v) is 15.1. The number of phenolic OH excluding ortho intramolecular Hbond substituents is 1. The van der Waals surface area contributed by atoms with Crippen LogP contribution in [-0.4, -0.2) is 25.9 Å². The van der Waals surface area contributed by atoms with Gasteiger partial charge in [-0.1, -0.05) is 30.7 Å². The van der Waals surface area contributed by atoms with Crippen LogP contribution in [0.25, 0.3) is 10.9 Å². The van der Waals surface area contributed by atoms with Gasteiger partial charge in [0, 0.05) is 23.1 Å². The molecule has 1 N–H and O–H groups in total. The highest BCUT2D eigenvalue weighted by molar-refractivity contribution is 6.31. The average Bonchev–Trinajstić information content (AvgIpc) is 2.64. The Kier molecular flexibility index (Phi) is 5.18. The van der Waals surface area contributed by atoms with Crippen LogP contribution >= 0.6 is 11.6 Å². The van der Waals surface area contributed by atoms with Gasteiger partial charge in [0.25, 0.3) is 5.56 Å². The predicted molar refractivity (Wildman–Crippen MR) is 103 cm³/mol. The van der Waals surface area contributed by atoms with Gasteiger partial charge in [0.15, 0.2) is 0 Å². The molecule has 8 nitrogen and oxygen atoms in total. The summed E-state index contributed by atoms with van der Waals surface area (Å²) in [6.07, 6.45) is 2.42. The monoisotopic (exact) mass is 386 g/mol. The van der Waals surface area contributed by atoms with E-state index in [9.17, 15) is 20.0 Å². The molecule has 0 aliphatic carbocycles. The van der Waals surface area contributed by atoms with E-state index < -0.39 is 16.4 Å². The van der Waals surface area contributed by atoms with E-state index in [0.717, 1.165) is 23.4 Å². The quantitative estimate of drug-likeness (QED) is 0.410. The Morgan fingerprint density at radius 2 is 2.11 bits per heavy atom. The summed E-state index contributed by atoms with van der Waals surface area (Å²) in [7, 11) is 0. The molecule has 0 saturated carbocycles. The van der Waals surface area contributed by atoms with Gasteiger partial charge < -0.3 is 5.11 Å². The van der Waals surface area contributed by atoms with Crippen molar-refractivity contribution in [2.24, 2.45) is 5.10 Å². The maximum Gasteiger partial charge on any atom is 0.312 e. The number of aromatic nitrogens is 2. The SMILES string of the molecule is CCCc1nc2ccccc2c(=O)n1N=Cc1cc(Cl)cc([N+](=O)[O-])c1O. The van der Waals surface area contributed by atoms with Gasteiger partial charge in [-0.2, -0.15) is 9.78 Å². The van der Waals surface area contributed by atoms with Crippen LogP contribution in [0.5, 0.6) is 5.75 Å². The lowest BCUT2D eigenvalue weighted by molar-refractivity contribution is -0.385. The Labute approximate surface area is 158 Å². The molecule has 138 valence electrons. The van der Waals surface area contributed by atoms with E-state index in [1.165, 1.54) is 6.07 Å². The molecule has 0 fully saturated rings. The number of para-hydroxylation sites is 1. The van der Waals surface area contributed by atoms with Crippen molar-refractivity contribution < 1.29 is 10.0 Å². The lowest BCUT2D eigenvalue weighted by atomic mass is 10.2. The van der Waals surface area contributed by atoms with Gasteiger partial charge in [0.1, 0.15) is 5.82 Å². The fraction of sp³-hybridized carbons (Fsp3) is 0.167. The van der Waals surface area contributed by atoms with Crippen LogP contribution < -0.4 is 5.56 Å². The Balaban J connectivity index is 2.17. The average molecular weight is 387 g/mol. The van der Waals surface area contributed by atoms with Crippen LogP contribution in [0.3, 0.4) is 0 Å². The summed E-state index contributed by atoms with van der Waals surface area (Å²) in [4.78, 5) is 27.5. The van der Waals surface area contributed by atoms with Crippen molar-refractivity contribution in [2.75, 3.05) is 0 Å². The molecular formula is C18H15ClN4O4. The molecule has 0 unspecified atom stereocenters. The van der Waals surface area contributed by atoms with E-state index in [2.05, 4.69) is 10.1 Å². The number of hydrogen-bond donors (Lipinski definition) is 1. The fourth-order valence-electron chi connectivity index (χ4n) is 2.64. The second-order valence-corrected chi connectivity index (χ2v) is 6.21. The molecule has 0 radical (unpaired) electrons. The summed E-state index contributed by atoms with van der Waals surface area (Å²) in [6, 6.07) is 9.28. The molecule has 1 heterocycles. The van der Waals surface area contributed by atoms with Gasteiger partial charge in [0.05, 0.1) is 22.0 Å². The molecule has 9 heteroatoms. The number of benzene rings is 2. The molecule has 0 spiro atoms. The summed E-state index contributed by atoms with van der Waals surface area (Å²) in [5.74, 6) is -0.125. The maximum absolute atomic E-state index is 12.8. The number of nitro groups is 1. The Hall–Kier alpha value is -3.26. The normalized spacial score (nSPS) is 11.3. The third-order valence-electron chi connectivity index (χ3n) is 3.89. The molecule has 0 bridgehead atoms. The zero-order valence-electron chi connectivity index (χ0n) is 14.3. The number of fused-ring (bicyclic) bond motifs is 1. The number of phenols is 1. The summed E-state index contributed by atoms with van der Waals surface area (Å²) in [5, 5.41) is 25.7. The van der Waals surface area contributed by atoms with Crippen molar-refractivity contribution in [1.29, 1.82) is 0 Å². The number of nitro benzene ring substituents is 1. The molecule has 0 amide bonds. The second-order valence-electron chi connectivity index (χ2n) is 5.78. The molecule has 0 aliphatic heterocycles. The molecule has 3 aromatic rings. The van der Waals surface area contributed by atoms with Crippen LogP contribution in [0.1, 0.15) is 24.7 Å². The molecule has 3 rings (SSSR count). The first-order valence-corrected chi connectivity index (χ1v) is 8.52. The molecule has 27 heavy (non-hydrogen) atoms. The predicted octanol–water partition coefficient (Wildman–Crippen LogP) is 3.50. The number of aryl methyl sites for hydroxylation is 1. The van der Waals surface area contributed by atoms with E-state index in [1.54, 1.807) is 24.3 Å². The van der Waals surface area contributed by atoms with Crippen molar-refractivity contribution >= 4 is 34.4 Å². The third-order valence-corrected chi connectivity index (χ3v) is 4.11. The number of rotatable bonds is 5. The highest BCUT2D eigenvalue weighted by Gasteiger charge is 2.18. The summed E-state index contributed by atoms with van der Waals surface area (Å²) >= 11 is 5.88. The van der Waals surface area contributed by atoms with Gasteiger partial charge >= 0.3 is 5.69 Å². The van der Waals surface area contributed by atoms with E-state index in [0.29, 0.717) is 23.1 Å². The largest absolute Gasteiger partial charge is 0.502 e. The van der Waals surface area contributed by atoms with Crippen molar-refractivity contribution in [3.05, 3.63) is 73.3 Å². The maximum atomic E-state index is 12.8. The first-order valence-electron chi connectivity index (χ1n) is 8.14. The van der Waals surface area contributed by atoms with E-state index in [-0.39, 0.29) is 16.1 Å². The van der Waals surface area contributed by atoms with E-state index in [1.807, 2.05) is 6.92 Å². The van der Waals surface area contributed by atoms with Gasteiger partial charge in [-0.3, -0.25) is 14.9 Å². The standard InChI is InChI=1S/C18H15ClN4O4/c1-2-5-16-21-14-7-4-3-6-13(14)18(25)22(16)20-10-11-8-12(19)9-15(17(11)24)23(26)27/h3-4,6-10,24H,2,5H2,1H3. The lowest BCUT2D eigenvalue weighted by Gasteiger charge is -2.08. The molecular weight excluding hydrogens is 372 g/mol. The minimum absolute atomic E-state index is 0.0247. The van der Waals surface area contributed by atoms with Crippen LogP contribution in [0.15, 0.2) is 46.3 Å². The lowest BCUT2D eigenvalue weighted by Crippen LogP contribution is -2.22. The third kappa shape index (κ3) is 3.65. The molecule has 0 atom stereocenters. The molecule has 2 aromatic carbocycles. The smallest absolute Gasteiger partial charge is 0.312 e. The summed E-state index contributed by atoms with van der Waals surface area (Å²) in [5.41, 5.74) is -0.312. The minimum Gasteiger partial charge on any atom is -0.502 e. The van der Waals surface area contributed by atoms with Crippen LogP contribution in [-0.2, 0) is 6.42 Å². The zero-order chi connectivity index (χ0) is 19.6. The molecule has 0 saturated heterocycles. The van der Waals surface area contributed by atoms with Gasteiger partial charge in [-0.25, -0.2) is 4.98 Å². The Morgan fingerprint density at radius 1 is 1.37 bits per heavy atom. The summed E-state index contributed by atoms with van der Waals surface area (Å²) < 4.78 is 1.14. The first kappa shape index (κ1) is 18.5. The van der Waals surface area contributed by atoms with Crippen LogP contribution in [0, 0.1) is 10.1 Å². The van der Waals surface area contributed by atoms with Gasteiger partial charge in [0.2, 0.25) is 5.75 Å². The summed E-state index contributed by atoms with van der Waals surface area (Å²) in [6.45, 7) is 1.95. The van der Waals surface area contributed by atoms with Crippen molar-refractivity contribution in [2.45, 2.75) is 19.8 Å². The van der Waals surface area contributed by atoms with E-state index >= 15 is 0 Å². The van der Waals surface area contributed by atoms with Crippen molar-refractivity contribution in [3.8, 4) is 5.75 Å². The molecule has 1 aromatic heterocycles. The van der Waals surface area contributed by atoms with Crippen LogP contribution in [0.4, 0.5) is 5.69 Å². The van der Waals surface area contributed by atoms with Gasteiger partial charge in [-0.05, 0) is 24.6 Å². The van der Waals surface area contributed by atoms with Crippen LogP contribution in [0.2, 0.25) is 5.02 Å². The minimum atomic E-state index is -0.745.